The molecule has 0 saturated carbocycles. The Morgan fingerprint density at radius 2 is 2.25 bits per heavy atom. The second-order valence-corrected chi connectivity index (χ2v) is 4.33. The van der Waals surface area contributed by atoms with E-state index in [-0.39, 0.29) is 0 Å². The number of fused-ring (bicyclic) bond motifs is 1. The highest BCUT2D eigenvalue weighted by molar-refractivity contribution is 7.99. The van der Waals surface area contributed by atoms with Crippen molar-refractivity contribution in [1.82, 2.24) is 19.9 Å². The molecule has 0 unspecified atom stereocenters. The summed E-state index contributed by atoms with van der Waals surface area (Å²) in [5.41, 5.74) is 1.60. The first-order valence-corrected chi connectivity index (χ1v) is 6.04. The zero-order chi connectivity index (χ0) is 11.2. The number of H-pyrrole nitrogens is 1. The maximum Gasteiger partial charge on any atom is 0.181 e. The molecule has 5 nitrogen and oxygen atoms in total. The van der Waals surface area contributed by atoms with E-state index in [1.165, 1.54) is 6.33 Å². The molecule has 0 amide bonds. The third-order valence-corrected chi connectivity index (χ3v) is 3.19. The number of aromatic nitrogens is 4. The van der Waals surface area contributed by atoms with E-state index in [1.807, 2.05) is 0 Å². The van der Waals surface area contributed by atoms with Gasteiger partial charge in [0.1, 0.15) is 16.9 Å². The molecule has 2 rings (SSSR count). The van der Waals surface area contributed by atoms with Crippen LogP contribution in [0.3, 0.4) is 0 Å². The second-order valence-electron chi connectivity index (χ2n) is 3.24. The summed E-state index contributed by atoms with van der Waals surface area (Å²) < 4.78 is 0. The summed E-state index contributed by atoms with van der Waals surface area (Å²) in [6.07, 6.45) is 5.75. The van der Waals surface area contributed by atoms with Gasteiger partial charge in [-0.15, -0.1) is 11.8 Å². The number of nitrogens with one attached hydrogen (secondary N) is 1. The number of hydrogen-bond acceptors (Lipinski definition) is 5. The van der Waals surface area contributed by atoms with Gasteiger partial charge in [-0.1, -0.05) is 0 Å². The number of unbranched alkanes of at least 4 members (excludes halogenated alkanes) is 2. The van der Waals surface area contributed by atoms with Crippen LogP contribution < -0.4 is 0 Å². The summed E-state index contributed by atoms with van der Waals surface area (Å²) in [7, 11) is 0. The molecule has 0 fully saturated rings. The predicted molar refractivity (Wildman–Crippen MR) is 61.9 cm³/mol. The SMILES string of the molecule is N#CCCCCSc1ncnc2nc[nH]c12. The van der Waals surface area contributed by atoms with Gasteiger partial charge in [0.05, 0.1) is 12.4 Å². The number of nitriles is 1. The van der Waals surface area contributed by atoms with E-state index in [2.05, 4.69) is 26.0 Å². The molecule has 0 atom stereocenters. The molecule has 6 heteroatoms. The Balaban J connectivity index is 1.94. The van der Waals surface area contributed by atoms with Crippen molar-refractivity contribution < 1.29 is 0 Å². The van der Waals surface area contributed by atoms with Crippen LogP contribution in [0.5, 0.6) is 0 Å². The molecule has 0 bridgehead atoms. The minimum absolute atomic E-state index is 0.629. The van der Waals surface area contributed by atoms with Gasteiger partial charge in [-0.3, -0.25) is 0 Å². The third kappa shape index (κ3) is 2.49. The Morgan fingerprint density at radius 3 is 3.12 bits per heavy atom. The van der Waals surface area contributed by atoms with Crippen LogP contribution in [0.25, 0.3) is 11.2 Å². The van der Waals surface area contributed by atoms with E-state index >= 15 is 0 Å². The monoisotopic (exact) mass is 233 g/mol. The number of thioether (sulfide) groups is 1. The maximum atomic E-state index is 8.41. The van der Waals surface area contributed by atoms with Gasteiger partial charge in [0.2, 0.25) is 0 Å². The van der Waals surface area contributed by atoms with Gasteiger partial charge in [-0.25, -0.2) is 15.0 Å². The zero-order valence-electron chi connectivity index (χ0n) is 8.68. The lowest BCUT2D eigenvalue weighted by Crippen LogP contribution is -1.88. The van der Waals surface area contributed by atoms with Gasteiger partial charge in [0.15, 0.2) is 5.65 Å². The van der Waals surface area contributed by atoms with E-state index in [1.54, 1.807) is 18.1 Å². The van der Waals surface area contributed by atoms with Gasteiger partial charge < -0.3 is 4.98 Å². The van der Waals surface area contributed by atoms with Gasteiger partial charge in [0.25, 0.3) is 0 Å². The average molecular weight is 233 g/mol. The molecule has 2 aromatic heterocycles. The van der Waals surface area contributed by atoms with Crippen molar-refractivity contribution in [3.63, 3.8) is 0 Å². The van der Waals surface area contributed by atoms with Crippen molar-refractivity contribution in [3.8, 4) is 6.07 Å². The summed E-state index contributed by atoms with van der Waals surface area (Å²) in [6.45, 7) is 0. The van der Waals surface area contributed by atoms with Crippen LogP contribution in [0.4, 0.5) is 0 Å². The molecule has 0 saturated heterocycles. The molecule has 0 spiro atoms. The number of imidazole rings is 1. The van der Waals surface area contributed by atoms with Crippen molar-refractivity contribution in [2.75, 3.05) is 5.75 Å². The zero-order valence-corrected chi connectivity index (χ0v) is 9.50. The molecule has 1 N–H and O–H groups in total. The molecule has 0 radical (unpaired) electrons. The third-order valence-electron chi connectivity index (χ3n) is 2.11. The summed E-state index contributed by atoms with van der Waals surface area (Å²) in [5, 5.41) is 9.34. The molecule has 0 aliphatic carbocycles. The van der Waals surface area contributed by atoms with Crippen LogP contribution in [0.2, 0.25) is 0 Å². The van der Waals surface area contributed by atoms with Crippen LogP contribution >= 0.6 is 11.8 Å². The van der Waals surface area contributed by atoms with E-state index in [0.717, 1.165) is 29.1 Å². The van der Waals surface area contributed by atoms with Gasteiger partial charge >= 0.3 is 0 Å². The van der Waals surface area contributed by atoms with E-state index < -0.39 is 0 Å². The number of hydrogen-bond donors (Lipinski definition) is 1. The van der Waals surface area contributed by atoms with Crippen molar-refractivity contribution in [3.05, 3.63) is 12.7 Å². The van der Waals surface area contributed by atoms with Crippen LogP contribution in [0.15, 0.2) is 17.7 Å². The smallest absolute Gasteiger partial charge is 0.181 e. The topological polar surface area (TPSA) is 78.2 Å². The Labute approximate surface area is 97.3 Å². The minimum atomic E-state index is 0.629. The fourth-order valence-electron chi connectivity index (χ4n) is 1.33. The highest BCUT2D eigenvalue weighted by Crippen LogP contribution is 2.22. The lowest BCUT2D eigenvalue weighted by Gasteiger charge is -1.99. The first kappa shape index (κ1) is 10.9. The maximum absolute atomic E-state index is 8.41. The van der Waals surface area contributed by atoms with Gasteiger partial charge in [0, 0.05) is 6.42 Å². The highest BCUT2D eigenvalue weighted by Gasteiger charge is 2.05. The second kappa shape index (κ2) is 5.47. The normalized spacial score (nSPS) is 10.4. The fourth-order valence-corrected chi connectivity index (χ4v) is 2.29. The minimum Gasteiger partial charge on any atom is -0.341 e. The number of aromatic amines is 1. The molecule has 2 heterocycles. The van der Waals surface area contributed by atoms with E-state index in [4.69, 9.17) is 5.26 Å². The first-order valence-electron chi connectivity index (χ1n) is 5.05. The van der Waals surface area contributed by atoms with Crippen molar-refractivity contribution in [1.29, 1.82) is 5.26 Å². The number of nitrogens with zero attached hydrogens (tertiary/aromatic N) is 4. The predicted octanol–water partition coefficient (Wildman–Crippen LogP) is 2.14. The summed E-state index contributed by atoms with van der Waals surface area (Å²) in [6, 6.07) is 2.14. The fraction of sp³-hybridized carbons (Fsp3) is 0.400. The largest absolute Gasteiger partial charge is 0.341 e. The summed E-state index contributed by atoms with van der Waals surface area (Å²) in [4.78, 5) is 15.4. The van der Waals surface area contributed by atoms with Crippen LogP contribution in [0, 0.1) is 11.3 Å². The molecule has 0 aliphatic rings. The lowest BCUT2D eigenvalue weighted by atomic mass is 10.3. The molecule has 2 aromatic rings. The van der Waals surface area contributed by atoms with Gasteiger partial charge in [-0.2, -0.15) is 5.26 Å². The Hall–Kier alpha value is -1.61. The van der Waals surface area contributed by atoms with Gasteiger partial charge in [-0.05, 0) is 18.6 Å². The van der Waals surface area contributed by atoms with Crippen LogP contribution in [-0.4, -0.2) is 25.7 Å². The number of rotatable bonds is 5. The molecule has 82 valence electrons. The standard InChI is InChI=1S/C10H11N5S/c11-4-2-1-3-5-16-10-8-9(13-6-12-8)14-7-15-10/h6-7H,1-3,5H2,(H,12,13,14,15). The first-order chi connectivity index (χ1) is 7.92. The lowest BCUT2D eigenvalue weighted by molar-refractivity contribution is 0.829. The molecule has 0 aliphatic heterocycles. The highest BCUT2D eigenvalue weighted by atomic mass is 32.2. The quantitative estimate of drug-likeness (QED) is 0.486. The molecular weight excluding hydrogens is 222 g/mol. The van der Waals surface area contributed by atoms with Crippen molar-refractivity contribution in [2.45, 2.75) is 24.3 Å². The Bertz CT molecular complexity index is 501. The van der Waals surface area contributed by atoms with E-state index in [0.29, 0.717) is 12.1 Å². The van der Waals surface area contributed by atoms with Crippen LogP contribution in [0.1, 0.15) is 19.3 Å². The van der Waals surface area contributed by atoms with Crippen molar-refractivity contribution in [2.24, 2.45) is 0 Å². The molecular formula is C10H11N5S. The summed E-state index contributed by atoms with van der Waals surface area (Å²) in [5.74, 6) is 0.965. The molecule has 16 heavy (non-hydrogen) atoms. The average Bonchev–Trinajstić information content (AvgIpc) is 2.77. The molecule has 0 aromatic carbocycles. The Morgan fingerprint density at radius 1 is 1.31 bits per heavy atom. The van der Waals surface area contributed by atoms with Crippen LogP contribution in [-0.2, 0) is 0 Å². The Kier molecular flexibility index (Phi) is 3.72. The van der Waals surface area contributed by atoms with E-state index in [9.17, 15) is 0 Å². The van der Waals surface area contributed by atoms with Crippen molar-refractivity contribution >= 4 is 22.9 Å². The summed E-state index contributed by atoms with van der Waals surface area (Å²) >= 11 is 1.67.